The number of fused-ring (bicyclic) bond motifs is 1. The van der Waals surface area contributed by atoms with E-state index in [0.29, 0.717) is 20.7 Å². The highest BCUT2D eigenvalue weighted by Gasteiger charge is 2.23. The monoisotopic (exact) mass is 491 g/mol. The van der Waals surface area contributed by atoms with Gasteiger partial charge in [-0.3, -0.25) is 14.7 Å². The van der Waals surface area contributed by atoms with Crippen LogP contribution in [0.4, 0.5) is 5.13 Å². The Labute approximate surface area is 183 Å². The van der Waals surface area contributed by atoms with Crippen molar-refractivity contribution >= 4 is 71.7 Å². The fourth-order valence-electron chi connectivity index (χ4n) is 2.71. The zero-order valence-corrected chi connectivity index (χ0v) is 18.2. The number of rotatable bonds is 4. The second-order valence-electron chi connectivity index (χ2n) is 5.98. The van der Waals surface area contributed by atoms with E-state index < -0.39 is 0 Å². The summed E-state index contributed by atoms with van der Waals surface area (Å²) in [4.78, 5) is 23.9. The molecule has 0 N–H and O–H groups in total. The Morgan fingerprint density at radius 2 is 1.86 bits per heavy atom. The standard InChI is InChI=1S/C20H12BrCl2N3OS/c21-13-4-5-17-18(9-13)28-20(25-17)26(11-16-3-1-2-6-24-16)19(27)12-7-14(22)10-15(23)8-12/h1-10H,11H2. The number of pyridine rings is 1. The molecule has 1 amide bonds. The van der Waals surface area contributed by atoms with Gasteiger partial charge >= 0.3 is 0 Å². The molecule has 4 rings (SSSR count). The summed E-state index contributed by atoms with van der Waals surface area (Å²) in [5.74, 6) is -0.242. The zero-order chi connectivity index (χ0) is 19.7. The van der Waals surface area contributed by atoms with Crippen molar-refractivity contribution in [3.05, 3.63) is 86.6 Å². The molecule has 28 heavy (non-hydrogen) atoms. The van der Waals surface area contributed by atoms with Gasteiger partial charge in [0.2, 0.25) is 0 Å². The van der Waals surface area contributed by atoms with E-state index in [1.54, 1.807) is 29.3 Å². The summed E-state index contributed by atoms with van der Waals surface area (Å²) in [6, 6.07) is 16.2. The van der Waals surface area contributed by atoms with Crippen molar-refractivity contribution in [2.75, 3.05) is 4.90 Å². The molecule has 2 aromatic carbocycles. The largest absolute Gasteiger partial charge is 0.278 e. The molecule has 140 valence electrons. The summed E-state index contributed by atoms with van der Waals surface area (Å²) in [5, 5.41) is 1.39. The zero-order valence-electron chi connectivity index (χ0n) is 14.3. The maximum Gasteiger partial charge on any atom is 0.260 e. The van der Waals surface area contributed by atoms with Gasteiger partial charge in [-0.25, -0.2) is 4.98 Å². The van der Waals surface area contributed by atoms with Crippen molar-refractivity contribution in [3.63, 3.8) is 0 Å². The van der Waals surface area contributed by atoms with Crippen LogP contribution in [0.2, 0.25) is 10.0 Å². The molecule has 2 heterocycles. The predicted octanol–water partition coefficient (Wildman–Crippen LogP) is 6.61. The van der Waals surface area contributed by atoms with Crippen LogP contribution in [0.1, 0.15) is 16.1 Å². The lowest BCUT2D eigenvalue weighted by Crippen LogP contribution is -2.30. The number of hydrogen-bond donors (Lipinski definition) is 0. The van der Waals surface area contributed by atoms with Gasteiger partial charge in [-0.2, -0.15) is 0 Å². The van der Waals surface area contributed by atoms with Gasteiger partial charge in [0.25, 0.3) is 5.91 Å². The lowest BCUT2D eigenvalue weighted by atomic mass is 10.2. The maximum absolute atomic E-state index is 13.3. The summed E-state index contributed by atoms with van der Waals surface area (Å²) in [5.41, 5.74) is 1.98. The van der Waals surface area contributed by atoms with Crippen LogP contribution in [0.5, 0.6) is 0 Å². The van der Waals surface area contributed by atoms with Gasteiger partial charge in [0.05, 0.1) is 22.5 Å². The molecule has 4 aromatic rings. The molecule has 4 nitrogen and oxygen atoms in total. The smallest absolute Gasteiger partial charge is 0.260 e. The summed E-state index contributed by atoms with van der Waals surface area (Å²) >= 11 is 17.1. The van der Waals surface area contributed by atoms with Crippen molar-refractivity contribution in [1.82, 2.24) is 9.97 Å². The molecule has 0 aliphatic heterocycles. The van der Waals surface area contributed by atoms with Gasteiger partial charge in [0, 0.05) is 26.3 Å². The highest BCUT2D eigenvalue weighted by molar-refractivity contribution is 9.10. The maximum atomic E-state index is 13.3. The van der Waals surface area contributed by atoms with Crippen LogP contribution in [0.25, 0.3) is 10.2 Å². The average molecular weight is 493 g/mol. The number of carbonyl (C=O) groups excluding carboxylic acids is 1. The number of benzene rings is 2. The normalized spacial score (nSPS) is 11.0. The first-order chi connectivity index (χ1) is 13.5. The van der Waals surface area contributed by atoms with Gasteiger partial charge in [0.1, 0.15) is 0 Å². The Morgan fingerprint density at radius 1 is 1.07 bits per heavy atom. The Kier molecular flexibility index (Phi) is 5.64. The summed E-state index contributed by atoms with van der Waals surface area (Å²) < 4.78 is 1.94. The van der Waals surface area contributed by atoms with Crippen LogP contribution in [-0.4, -0.2) is 15.9 Å². The van der Waals surface area contributed by atoms with Crippen molar-refractivity contribution in [1.29, 1.82) is 0 Å². The Morgan fingerprint density at radius 3 is 2.57 bits per heavy atom. The molecular formula is C20H12BrCl2N3OS. The number of carbonyl (C=O) groups is 1. The van der Waals surface area contributed by atoms with Crippen LogP contribution in [-0.2, 0) is 6.54 Å². The number of aromatic nitrogens is 2. The number of thiazole rings is 1. The highest BCUT2D eigenvalue weighted by atomic mass is 79.9. The average Bonchev–Trinajstić information content (AvgIpc) is 3.08. The summed E-state index contributed by atoms with van der Waals surface area (Å²) in [6.07, 6.45) is 1.70. The first-order valence-electron chi connectivity index (χ1n) is 8.23. The number of amides is 1. The minimum absolute atomic E-state index is 0.242. The first kappa shape index (κ1) is 19.3. The Hall–Kier alpha value is -1.99. The number of hydrogen-bond acceptors (Lipinski definition) is 4. The number of anilines is 1. The van der Waals surface area contributed by atoms with Crippen LogP contribution >= 0.6 is 50.5 Å². The lowest BCUT2D eigenvalue weighted by molar-refractivity contribution is 0.0985. The Bertz CT molecular complexity index is 1150. The van der Waals surface area contributed by atoms with Gasteiger partial charge in [0.15, 0.2) is 5.13 Å². The molecule has 0 radical (unpaired) electrons. The molecule has 0 saturated heterocycles. The molecular weight excluding hydrogens is 481 g/mol. The molecule has 8 heteroatoms. The fraction of sp³-hybridized carbons (Fsp3) is 0.0500. The van der Waals surface area contributed by atoms with Crippen molar-refractivity contribution in [3.8, 4) is 0 Å². The van der Waals surface area contributed by atoms with Gasteiger partial charge in [-0.05, 0) is 48.5 Å². The SMILES string of the molecule is O=C(c1cc(Cl)cc(Cl)c1)N(Cc1ccccn1)c1nc2ccc(Br)cc2s1. The molecule has 0 spiro atoms. The first-order valence-corrected chi connectivity index (χ1v) is 10.6. The third kappa shape index (κ3) is 4.20. The molecule has 0 atom stereocenters. The van der Waals surface area contributed by atoms with Gasteiger partial charge in [-0.15, -0.1) is 0 Å². The van der Waals surface area contributed by atoms with E-state index in [4.69, 9.17) is 23.2 Å². The fourth-order valence-corrected chi connectivity index (χ4v) is 4.76. The second-order valence-corrected chi connectivity index (χ2v) is 8.78. The quantitative estimate of drug-likeness (QED) is 0.322. The van der Waals surface area contributed by atoms with E-state index in [1.807, 2.05) is 36.4 Å². The molecule has 0 saturated carbocycles. The molecule has 0 aliphatic carbocycles. The van der Waals surface area contributed by atoms with E-state index >= 15 is 0 Å². The minimum atomic E-state index is -0.242. The molecule has 0 bridgehead atoms. The van der Waals surface area contributed by atoms with Crippen LogP contribution < -0.4 is 4.90 Å². The number of nitrogens with zero attached hydrogens (tertiary/aromatic N) is 3. The molecule has 0 fully saturated rings. The number of halogens is 3. The van der Waals surface area contributed by atoms with Gasteiger partial charge in [-0.1, -0.05) is 56.5 Å². The van der Waals surface area contributed by atoms with Crippen LogP contribution in [0, 0.1) is 0 Å². The summed E-state index contributed by atoms with van der Waals surface area (Å²) in [6.45, 7) is 0.283. The van der Waals surface area contributed by atoms with Gasteiger partial charge < -0.3 is 0 Å². The molecule has 0 aliphatic rings. The van der Waals surface area contributed by atoms with E-state index in [1.165, 1.54) is 11.3 Å². The van der Waals surface area contributed by atoms with Crippen molar-refractivity contribution in [2.24, 2.45) is 0 Å². The molecule has 2 aromatic heterocycles. The third-order valence-electron chi connectivity index (χ3n) is 3.97. The van der Waals surface area contributed by atoms with E-state index in [2.05, 4.69) is 25.9 Å². The minimum Gasteiger partial charge on any atom is -0.278 e. The topological polar surface area (TPSA) is 46.1 Å². The van der Waals surface area contributed by atoms with Crippen molar-refractivity contribution < 1.29 is 4.79 Å². The second kappa shape index (κ2) is 8.17. The highest BCUT2D eigenvalue weighted by Crippen LogP contribution is 2.33. The third-order valence-corrected chi connectivity index (χ3v) is 5.94. The van der Waals surface area contributed by atoms with E-state index in [9.17, 15) is 4.79 Å². The Balaban J connectivity index is 1.79. The van der Waals surface area contributed by atoms with Crippen LogP contribution in [0.3, 0.4) is 0 Å². The summed E-state index contributed by atoms with van der Waals surface area (Å²) in [7, 11) is 0. The lowest BCUT2D eigenvalue weighted by Gasteiger charge is -2.20. The van der Waals surface area contributed by atoms with E-state index in [-0.39, 0.29) is 12.5 Å². The van der Waals surface area contributed by atoms with Crippen molar-refractivity contribution in [2.45, 2.75) is 6.54 Å². The molecule has 0 unspecified atom stereocenters. The van der Waals surface area contributed by atoms with E-state index in [0.717, 1.165) is 20.4 Å². The van der Waals surface area contributed by atoms with Crippen LogP contribution in [0.15, 0.2) is 65.3 Å². The predicted molar refractivity (Wildman–Crippen MR) is 119 cm³/mol.